The van der Waals surface area contributed by atoms with Crippen LogP contribution in [0.2, 0.25) is 0 Å². The summed E-state index contributed by atoms with van der Waals surface area (Å²) < 4.78 is 6.28. The van der Waals surface area contributed by atoms with E-state index in [9.17, 15) is 9.59 Å². The van der Waals surface area contributed by atoms with Crippen LogP contribution in [0, 0.1) is 0 Å². The maximum absolute atomic E-state index is 10.7. The fourth-order valence-corrected chi connectivity index (χ4v) is 1.58. The fourth-order valence-electron chi connectivity index (χ4n) is 1.58. The van der Waals surface area contributed by atoms with Gasteiger partial charge < -0.3 is 14.9 Å². The quantitative estimate of drug-likeness (QED) is 0.805. The van der Waals surface area contributed by atoms with E-state index in [-0.39, 0.29) is 12.4 Å². The molecular weight excluding hydrogens is 240 g/mol. The van der Waals surface area contributed by atoms with Crippen LogP contribution in [0.25, 0.3) is 10.9 Å². The molecular formula is C11H10N2O5. The molecule has 0 bridgehead atoms. The Morgan fingerprint density at radius 3 is 2.61 bits per heavy atom. The van der Waals surface area contributed by atoms with Crippen molar-refractivity contribution in [3.63, 3.8) is 0 Å². The van der Waals surface area contributed by atoms with Crippen LogP contribution in [-0.4, -0.2) is 38.5 Å². The number of benzene rings is 1. The number of hydrogen-bond acceptors (Lipinski definition) is 4. The predicted octanol–water partition coefficient (Wildman–Crippen LogP) is 0.584. The summed E-state index contributed by atoms with van der Waals surface area (Å²) in [6.07, 6.45) is 0. The number of fused-ring (bicyclic) bond motifs is 1. The number of rotatable bonds is 5. The van der Waals surface area contributed by atoms with Gasteiger partial charge in [-0.25, -0.2) is 9.48 Å². The maximum Gasteiger partial charge on any atom is 0.341 e. The van der Waals surface area contributed by atoms with Crippen molar-refractivity contribution in [3.05, 3.63) is 24.3 Å². The molecule has 94 valence electrons. The summed E-state index contributed by atoms with van der Waals surface area (Å²) in [6, 6.07) is 6.86. The van der Waals surface area contributed by atoms with Gasteiger partial charge in [-0.2, -0.15) is 0 Å². The number of para-hydroxylation sites is 1. The molecule has 7 nitrogen and oxygen atoms in total. The Morgan fingerprint density at radius 1 is 1.22 bits per heavy atom. The van der Waals surface area contributed by atoms with Crippen molar-refractivity contribution >= 4 is 22.8 Å². The van der Waals surface area contributed by atoms with E-state index < -0.39 is 18.5 Å². The second-order valence-electron chi connectivity index (χ2n) is 3.56. The monoisotopic (exact) mass is 250 g/mol. The molecule has 2 N–H and O–H groups in total. The molecule has 0 aliphatic heterocycles. The molecule has 18 heavy (non-hydrogen) atoms. The highest BCUT2D eigenvalue weighted by atomic mass is 16.5. The van der Waals surface area contributed by atoms with Crippen LogP contribution in [0.3, 0.4) is 0 Å². The van der Waals surface area contributed by atoms with Gasteiger partial charge in [0.2, 0.25) is 5.88 Å². The largest absolute Gasteiger partial charge is 0.480 e. The van der Waals surface area contributed by atoms with Crippen LogP contribution in [-0.2, 0) is 16.1 Å². The van der Waals surface area contributed by atoms with Gasteiger partial charge >= 0.3 is 11.9 Å². The molecule has 0 atom stereocenters. The van der Waals surface area contributed by atoms with Gasteiger partial charge in [-0.15, -0.1) is 5.10 Å². The molecule has 1 heterocycles. The molecule has 7 heteroatoms. The Hall–Kier alpha value is -2.57. The van der Waals surface area contributed by atoms with E-state index in [4.69, 9.17) is 14.9 Å². The van der Waals surface area contributed by atoms with Gasteiger partial charge in [0.1, 0.15) is 6.54 Å². The summed E-state index contributed by atoms with van der Waals surface area (Å²) in [5.74, 6) is -2.03. The smallest absolute Gasteiger partial charge is 0.341 e. The van der Waals surface area contributed by atoms with E-state index in [0.29, 0.717) is 10.9 Å². The van der Waals surface area contributed by atoms with Crippen molar-refractivity contribution in [1.29, 1.82) is 0 Å². The number of carboxylic acids is 2. The molecule has 1 aromatic heterocycles. The van der Waals surface area contributed by atoms with Crippen molar-refractivity contribution in [2.75, 3.05) is 6.61 Å². The summed E-state index contributed by atoms with van der Waals surface area (Å²) >= 11 is 0. The molecule has 0 saturated heterocycles. The van der Waals surface area contributed by atoms with Gasteiger partial charge in [-0.3, -0.25) is 4.79 Å². The van der Waals surface area contributed by atoms with E-state index in [0.717, 1.165) is 0 Å². The number of carbonyl (C=O) groups is 2. The third kappa shape index (κ3) is 2.40. The Balaban J connectivity index is 2.40. The minimum Gasteiger partial charge on any atom is -0.480 e. The average molecular weight is 250 g/mol. The van der Waals surface area contributed by atoms with Gasteiger partial charge in [-0.1, -0.05) is 12.1 Å². The maximum atomic E-state index is 10.7. The average Bonchev–Trinajstić information content (AvgIpc) is 2.65. The lowest BCUT2D eigenvalue weighted by molar-refractivity contribution is -0.140. The van der Waals surface area contributed by atoms with Crippen molar-refractivity contribution < 1.29 is 24.5 Å². The molecule has 0 saturated carbocycles. The Morgan fingerprint density at radius 2 is 1.94 bits per heavy atom. The lowest BCUT2D eigenvalue weighted by Gasteiger charge is -1.98. The van der Waals surface area contributed by atoms with Crippen molar-refractivity contribution in [1.82, 2.24) is 9.78 Å². The van der Waals surface area contributed by atoms with Crippen LogP contribution < -0.4 is 4.74 Å². The Labute approximate surface area is 101 Å². The first-order valence-corrected chi connectivity index (χ1v) is 5.10. The van der Waals surface area contributed by atoms with Crippen molar-refractivity contribution in [2.45, 2.75) is 6.54 Å². The Kier molecular flexibility index (Phi) is 3.13. The zero-order valence-electron chi connectivity index (χ0n) is 9.24. The van der Waals surface area contributed by atoms with Crippen LogP contribution in [0.1, 0.15) is 0 Å². The zero-order chi connectivity index (χ0) is 13.1. The van der Waals surface area contributed by atoms with Gasteiger partial charge in [0, 0.05) is 0 Å². The number of aromatic nitrogens is 2. The van der Waals surface area contributed by atoms with E-state index in [1.807, 2.05) is 0 Å². The summed E-state index contributed by atoms with van der Waals surface area (Å²) in [6.45, 7) is -0.828. The molecule has 0 aliphatic rings. The molecule has 0 spiro atoms. The summed E-state index contributed by atoms with van der Waals surface area (Å²) in [7, 11) is 0. The van der Waals surface area contributed by atoms with Gasteiger partial charge in [0.15, 0.2) is 6.61 Å². The van der Waals surface area contributed by atoms with Gasteiger partial charge in [-0.05, 0) is 12.1 Å². The van der Waals surface area contributed by atoms with Crippen molar-refractivity contribution in [2.24, 2.45) is 0 Å². The van der Waals surface area contributed by atoms with E-state index in [1.54, 1.807) is 24.3 Å². The summed E-state index contributed by atoms with van der Waals surface area (Å²) in [5, 5.41) is 21.8. The minimum atomic E-state index is -1.12. The molecule has 2 rings (SSSR count). The predicted molar refractivity (Wildman–Crippen MR) is 60.5 cm³/mol. The first-order chi connectivity index (χ1) is 8.58. The normalized spacial score (nSPS) is 10.4. The van der Waals surface area contributed by atoms with E-state index in [1.165, 1.54) is 4.68 Å². The minimum absolute atomic E-state index is 0.120. The Bertz CT molecular complexity index is 604. The number of nitrogens with zero attached hydrogens (tertiary/aromatic N) is 2. The lowest BCUT2D eigenvalue weighted by atomic mass is 10.2. The van der Waals surface area contributed by atoms with Crippen LogP contribution in [0.4, 0.5) is 0 Å². The van der Waals surface area contributed by atoms with Crippen LogP contribution in [0.5, 0.6) is 5.88 Å². The zero-order valence-corrected chi connectivity index (χ0v) is 9.24. The molecule has 0 aliphatic carbocycles. The van der Waals surface area contributed by atoms with Crippen molar-refractivity contribution in [3.8, 4) is 5.88 Å². The topological polar surface area (TPSA) is 102 Å². The number of carboxylic acid groups (broad SMARTS) is 2. The van der Waals surface area contributed by atoms with E-state index >= 15 is 0 Å². The molecule has 2 aromatic rings. The summed E-state index contributed by atoms with van der Waals surface area (Å²) in [4.78, 5) is 21.1. The molecule has 0 amide bonds. The first-order valence-electron chi connectivity index (χ1n) is 5.10. The molecule has 1 aromatic carbocycles. The second kappa shape index (κ2) is 4.74. The molecule has 0 fully saturated rings. The highest BCUT2D eigenvalue weighted by Gasteiger charge is 2.13. The SMILES string of the molecule is O=C(O)COc1nn(CC(=O)O)c2ccccc12. The second-order valence-corrected chi connectivity index (χ2v) is 3.56. The number of ether oxygens (including phenoxy) is 1. The van der Waals surface area contributed by atoms with Gasteiger partial charge in [0.25, 0.3) is 0 Å². The lowest BCUT2D eigenvalue weighted by Crippen LogP contribution is -2.12. The highest BCUT2D eigenvalue weighted by Crippen LogP contribution is 2.24. The highest BCUT2D eigenvalue weighted by molar-refractivity contribution is 5.85. The third-order valence-electron chi connectivity index (χ3n) is 2.24. The van der Waals surface area contributed by atoms with Crippen LogP contribution >= 0.6 is 0 Å². The first kappa shape index (κ1) is 11.9. The standard InChI is InChI=1S/C11H10N2O5/c14-9(15)5-13-8-4-2-1-3-7(8)11(12-13)18-6-10(16)17/h1-4H,5-6H2,(H,14,15)(H,16,17). The number of hydrogen-bond donors (Lipinski definition) is 2. The summed E-state index contributed by atoms with van der Waals surface area (Å²) in [5.41, 5.74) is 0.584. The molecule has 0 unspecified atom stereocenters. The van der Waals surface area contributed by atoms with E-state index in [2.05, 4.69) is 5.10 Å². The molecule has 0 radical (unpaired) electrons. The fraction of sp³-hybridized carbons (Fsp3) is 0.182. The van der Waals surface area contributed by atoms with Crippen LogP contribution in [0.15, 0.2) is 24.3 Å². The number of aliphatic carboxylic acids is 2. The third-order valence-corrected chi connectivity index (χ3v) is 2.24. The van der Waals surface area contributed by atoms with Gasteiger partial charge in [0.05, 0.1) is 10.9 Å².